The molecule has 3 N–H and O–H groups in total. The zero-order chi connectivity index (χ0) is 13.1. The van der Waals surface area contributed by atoms with Gasteiger partial charge in [0.05, 0.1) is 19.1 Å². The van der Waals surface area contributed by atoms with Gasteiger partial charge in [-0.1, -0.05) is 0 Å². The van der Waals surface area contributed by atoms with E-state index in [9.17, 15) is 14.7 Å². The van der Waals surface area contributed by atoms with Gasteiger partial charge in [0.2, 0.25) is 0 Å². The van der Waals surface area contributed by atoms with Gasteiger partial charge in [0.15, 0.2) is 0 Å². The summed E-state index contributed by atoms with van der Waals surface area (Å²) in [5.41, 5.74) is 0. The molecule has 1 saturated heterocycles. The number of hydrogen-bond donors (Lipinski definition) is 3. The van der Waals surface area contributed by atoms with Crippen molar-refractivity contribution in [2.24, 2.45) is 5.92 Å². The molecule has 0 radical (unpaired) electrons. The van der Waals surface area contributed by atoms with Crippen LogP contribution in [0.1, 0.15) is 32.1 Å². The summed E-state index contributed by atoms with van der Waals surface area (Å²) < 4.78 is 0. The van der Waals surface area contributed by atoms with E-state index in [2.05, 4.69) is 5.32 Å². The Morgan fingerprint density at radius 1 is 1.33 bits per heavy atom. The number of carboxylic acid groups (broad SMARTS) is 1. The molecule has 0 aromatic carbocycles. The Bertz CT molecular complexity index is 330. The molecule has 2 atom stereocenters. The molecule has 102 valence electrons. The maximum atomic E-state index is 12.0. The Morgan fingerprint density at radius 2 is 2.06 bits per heavy atom. The summed E-state index contributed by atoms with van der Waals surface area (Å²) in [7, 11) is 0. The van der Waals surface area contributed by atoms with Crippen molar-refractivity contribution >= 4 is 12.0 Å². The molecule has 1 aliphatic carbocycles. The zero-order valence-electron chi connectivity index (χ0n) is 10.3. The fourth-order valence-electron chi connectivity index (χ4n) is 2.56. The van der Waals surface area contributed by atoms with Crippen LogP contribution in [0.15, 0.2) is 0 Å². The largest absolute Gasteiger partial charge is 0.481 e. The van der Waals surface area contributed by atoms with Gasteiger partial charge in [-0.25, -0.2) is 4.79 Å². The lowest BCUT2D eigenvalue weighted by molar-refractivity contribution is -0.137. The van der Waals surface area contributed by atoms with Gasteiger partial charge in [-0.05, 0) is 31.6 Å². The summed E-state index contributed by atoms with van der Waals surface area (Å²) in [4.78, 5) is 24.4. The van der Waals surface area contributed by atoms with Gasteiger partial charge in [-0.3, -0.25) is 4.79 Å². The average molecular weight is 256 g/mol. The minimum absolute atomic E-state index is 0.0198. The average Bonchev–Trinajstić information content (AvgIpc) is 3.05. The lowest BCUT2D eigenvalue weighted by Crippen LogP contribution is -2.49. The van der Waals surface area contributed by atoms with Gasteiger partial charge < -0.3 is 20.4 Å². The fourth-order valence-corrected chi connectivity index (χ4v) is 2.56. The second-order valence-corrected chi connectivity index (χ2v) is 5.16. The number of amides is 2. The first-order valence-electron chi connectivity index (χ1n) is 6.51. The maximum absolute atomic E-state index is 12.0. The summed E-state index contributed by atoms with van der Waals surface area (Å²) in [5.74, 6) is -0.576. The van der Waals surface area contributed by atoms with Gasteiger partial charge in [0, 0.05) is 12.6 Å². The molecular formula is C12H20N2O4. The lowest BCUT2D eigenvalue weighted by atomic mass is 10.1. The molecule has 1 saturated carbocycles. The normalized spacial score (nSPS) is 24.9. The molecule has 0 aromatic heterocycles. The van der Waals surface area contributed by atoms with Crippen molar-refractivity contribution in [3.05, 3.63) is 0 Å². The fraction of sp³-hybridized carbons (Fsp3) is 0.833. The number of rotatable bonds is 5. The highest BCUT2D eigenvalue weighted by Gasteiger charge is 2.36. The zero-order valence-corrected chi connectivity index (χ0v) is 10.3. The molecule has 2 unspecified atom stereocenters. The predicted octanol–water partition coefficient (Wildman–Crippen LogP) is 0.406. The molecule has 6 nitrogen and oxygen atoms in total. The molecular weight excluding hydrogens is 236 g/mol. The van der Waals surface area contributed by atoms with Crippen LogP contribution < -0.4 is 5.32 Å². The van der Waals surface area contributed by atoms with Crippen LogP contribution in [0.25, 0.3) is 0 Å². The molecule has 2 fully saturated rings. The first-order chi connectivity index (χ1) is 8.61. The summed E-state index contributed by atoms with van der Waals surface area (Å²) in [6.07, 6.45) is 3.67. The number of aliphatic hydroxyl groups excluding tert-OH is 1. The van der Waals surface area contributed by atoms with Crippen molar-refractivity contribution in [3.8, 4) is 0 Å². The van der Waals surface area contributed by atoms with Crippen LogP contribution in [0.4, 0.5) is 4.79 Å². The van der Waals surface area contributed by atoms with Crippen LogP contribution in [0.3, 0.4) is 0 Å². The van der Waals surface area contributed by atoms with E-state index in [-0.39, 0.29) is 31.1 Å². The van der Waals surface area contributed by atoms with Gasteiger partial charge >= 0.3 is 12.0 Å². The summed E-state index contributed by atoms with van der Waals surface area (Å²) in [6.45, 7) is 0.613. The van der Waals surface area contributed by atoms with E-state index in [0.29, 0.717) is 12.5 Å². The minimum Gasteiger partial charge on any atom is -0.481 e. The van der Waals surface area contributed by atoms with Gasteiger partial charge in [-0.15, -0.1) is 0 Å². The smallest absolute Gasteiger partial charge is 0.317 e. The standard InChI is InChI=1S/C12H20N2O4/c15-7-9-2-1-5-14(9)12(18)13-10(6-11(16)17)8-3-4-8/h8-10,15H,1-7H2,(H,13,18)(H,16,17). The predicted molar refractivity (Wildman–Crippen MR) is 64.1 cm³/mol. The van der Waals surface area contributed by atoms with Crippen molar-refractivity contribution in [1.29, 1.82) is 0 Å². The second-order valence-electron chi connectivity index (χ2n) is 5.16. The maximum Gasteiger partial charge on any atom is 0.317 e. The number of carbonyl (C=O) groups excluding carboxylic acids is 1. The number of urea groups is 1. The molecule has 2 amide bonds. The van der Waals surface area contributed by atoms with Crippen LogP contribution in [-0.4, -0.2) is 52.3 Å². The third kappa shape index (κ3) is 3.13. The van der Waals surface area contributed by atoms with E-state index >= 15 is 0 Å². The molecule has 6 heteroatoms. The summed E-state index contributed by atoms with van der Waals surface area (Å²) >= 11 is 0. The number of likely N-dealkylation sites (tertiary alicyclic amines) is 1. The van der Waals surface area contributed by atoms with Crippen molar-refractivity contribution in [2.45, 2.75) is 44.2 Å². The highest BCUT2D eigenvalue weighted by molar-refractivity contribution is 5.76. The number of carboxylic acids is 1. The van der Waals surface area contributed by atoms with E-state index in [1.165, 1.54) is 0 Å². The van der Waals surface area contributed by atoms with Crippen molar-refractivity contribution in [1.82, 2.24) is 10.2 Å². The van der Waals surface area contributed by atoms with E-state index in [4.69, 9.17) is 5.11 Å². The Morgan fingerprint density at radius 3 is 2.61 bits per heavy atom. The molecule has 0 bridgehead atoms. The van der Waals surface area contributed by atoms with E-state index in [1.54, 1.807) is 4.90 Å². The first kappa shape index (κ1) is 13.1. The Hall–Kier alpha value is -1.30. The summed E-state index contributed by atoms with van der Waals surface area (Å²) in [6, 6.07) is -0.616. The van der Waals surface area contributed by atoms with Crippen molar-refractivity contribution in [2.75, 3.05) is 13.2 Å². The quantitative estimate of drug-likeness (QED) is 0.664. The lowest BCUT2D eigenvalue weighted by Gasteiger charge is -2.26. The Balaban J connectivity index is 1.89. The molecule has 0 aromatic rings. The monoisotopic (exact) mass is 256 g/mol. The van der Waals surface area contributed by atoms with Gasteiger partial charge in [0.25, 0.3) is 0 Å². The highest BCUT2D eigenvalue weighted by Crippen LogP contribution is 2.34. The topological polar surface area (TPSA) is 89.9 Å². The van der Waals surface area contributed by atoms with Crippen molar-refractivity contribution in [3.63, 3.8) is 0 Å². The number of aliphatic hydroxyl groups is 1. The molecule has 0 spiro atoms. The highest BCUT2D eigenvalue weighted by atomic mass is 16.4. The number of carbonyl (C=O) groups is 2. The van der Waals surface area contributed by atoms with Gasteiger partial charge in [0.1, 0.15) is 0 Å². The third-order valence-corrected chi connectivity index (χ3v) is 3.74. The van der Waals surface area contributed by atoms with Crippen LogP contribution in [0.2, 0.25) is 0 Å². The number of nitrogens with one attached hydrogen (secondary N) is 1. The van der Waals surface area contributed by atoms with Gasteiger partial charge in [-0.2, -0.15) is 0 Å². The van der Waals surface area contributed by atoms with Crippen LogP contribution >= 0.6 is 0 Å². The number of aliphatic carboxylic acids is 1. The molecule has 2 rings (SSSR count). The molecule has 1 aliphatic heterocycles. The first-order valence-corrected chi connectivity index (χ1v) is 6.51. The molecule has 18 heavy (non-hydrogen) atoms. The number of hydrogen-bond acceptors (Lipinski definition) is 3. The van der Waals surface area contributed by atoms with Crippen LogP contribution in [0, 0.1) is 5.92 Å². The molecule has 1 heterocycles. The second kappa shape index (κ2) is 5.56. The number of nitrogens with zero attached hydrogens (tertiary/aromatic N) is 1. The van der Waals surface area contributed by atoms with E-state index in [0.717, 1.165) is 25.7 Å². The van der Waals surface area contributed by atoms with E-state index < -0.39 is 5.97 Å². The van der Waals surface area contributed by atoms with E-state index in [1.807, 2.05) is 0 Å². The van der Waals surface area contributed by atoms with Crippen LogP contribution in [0.5, 0.6) is 0 Å². The Kier molecular flexibility index (Phi) is 4.06. The Labute approximate surface area is 106 Å². The van der Waals surface area contributed by atoms with Crippen LogP contribution in [-0.2, 0) is 4.79 Å². The van der Waals surface area contributed by atoms with Crippen molar-refractivity contribution < 1.29 is 19.8 Å². The molecule has 2 aliphatic rings. The third-order valence-electron chi connectivity index (χ3n) is 3.74. The minimum atomic E-state index is -0.882. The SMILES string of the molecule is O=C(O)CC(NC(=O)N1CCCC1CO)C1CC1. The summed E-state index contributed by atoms with van der Waals surface area (Å²) in [5, 5.41) is 20.8.